The van der Waals surface area contributed by atoms with Gasteiger partial charge in [0.05, 0.1) is 6.42 Å². The van der Waals surface area contributed by atoms with Gasteiger partial charge in [0.15, 0.2) is 0 Å². The van der Waals surface area contributed by atoms with Crippen LogP contribution in [-0.4, -0.2) is 52.5 Å². The van der Waals surface area contributed by atoms with E-state index < -0.39 is 6.04 Å². The lowest BCUT2D eigenvalue weighted by atomic mass is 10.1. The first-order valence-corrected chi connectivity index (χ1v) is 8.16. The Balaban J connectivity index is 1.87. The first-order valence-electron chi connectivity index (χ1n) is 7.00. The van der Waals surface area contributed by atoms with Crippen LogP contribution in [0.5, 0.6) is 5.75 Å². The van der Waals surface area contributed by atoms with Crippen molar-refractivity contribution in [3.8, 4) is 5.75 Å². The molecule has 114 valence electrons. The largest absolute Gasteiger partial charge is 0.508 e. The van der Waals surface area contributed by atoms with E-state index >= 15 is 0 Å². The first kappa shape index (κ1) is 15.7. The molecular weight excluding hydrogens is 288 g/mol. The van der Waals surface area contributed by atoms with Crippen molar-refractivity contribution in [3.63, 3.8) is 0 Å². The van der Waals surface area contributed by atoms with Gasteiger partial charge in [-0.05, 0) is 13.0 Å². The second-order valence-corrected chi connectivity index (χ2v) is 6.26. The van der Waals surface area contributed by atoms with Gasteiger partial charge < -0.3 is 15.3 Å². The average Bonchev–Trinajstić information content (AvgIpc) is 2.49. The Morgan fingerprint density at radius 2 is 2.00 bits per heavy atom. The molecule has 0 spiro atoms. The number of aromatic hydroxyl groups is 1. The van der Waals surface area contributed by atoms with Crippen molar-refractivity contribution in [2.75, 3.05) is 24.6 Å². The van der Waals surface area contributed by atoms with Crippen molar-refractivity contribution in [3.05, 3.63) is 29.8 Å². The molecule has 1 atom stereocenters. The van der Waals surface area contributed by atoms with Crippen LogP contribution in [-0.2, 0) is 16.0 Å². The molecule has 0 aliphatic carbocycles. The predicted molar refractivity (Wildman–Crippen MR) is 83.3 cm³/mol. The van der Waals surface area contributed by atoms with Crippen molar-refractivity contribution < 1.29 is 14.7 Å². The zero-order valence-corrected chi connectivity index (χ0v) is 12.9. The van der Waals surface area contributed by atoms with E-state index in [2.05, 4.69) is 5.32 Å². The third-order valence-electron chi connectivity index (χ3n) is 3.41. The molecule has 1 aromatic rings. The summed E-state index contributed by atoms with van der Waals surface area (Å²) >= 11 is 1.84. The SMILES string of the molecule is C[C@H](NC(=O)Cc1ccccc1O)C(=O)N1CCSCC1. The van der Waals surface area contributed by atoms with Gasteiger partial charge in [-0.25, -0.2) is 0 Å². The number of rotatable bonds is 4. The zero-order chi connectivity index (χ0) is 15.2. The molecule has 1 aliphatic rings. The number of phenolic OH excluding ortho intramolecular Hbond substituents is 1. The monoisotopic (exact) mass is 308 g/mol. The highest BCUT2D eigenvalue weighted by Crippen LogP contribution is 2.16. The molecular formula is C15H20N2O3S. The number of thioether (sulfide) groups is 1. The Bertz CT molecular complexity index is 515. The molecule has 1 aromatic carbocycles. The van der Waals surface area contributed by atoms with E-state index in [1.54, 1.807) is 36.1 Å². The molecule has 1 heterocycles. The fraction of sp³-hybridized carbons (Fsp3) is 0.467. The molecule has 0 saturated carbocycles. The summed E-state index contributed by atoms with van der Waals surface area (Å²) in [6.07, 6.45) is 0.0696. The highest BCUT2D eigenvalue weighted by atomic mass is 32.2. The van der Waals surface area contributed by atoms with Gasteiger partial charge in [-0.2, -0.15) is 11.8 Å². The Hall–Kier alpha value is -1.69. The molecule has 0 aromatic heterocycles. The van der Waals surface area contributed by atoms with Crippen LogP contribution in [0.25, 0.3) is 0 Å². The maximum absolute atomic E-state index is 12.2. The first-order chi connectivity index (χ1) is 10.1. The van der Waals surface area contributed by atoms with E-state index in [-0.39, 0.29) is 24.0 Å². The van der Waals surface area contributed by atoms with Crippen molar-refractivity contribution in [1.29, 1.82) is 0 Å². The van der Waals surface area contributed by atoms with Gasteiger partial charge >= 0.3 is 0 Å². The van der Waals surface area contributed by atoms with Gasteiger partial charge in [-0.1, -0.05) is 18.2 Å². The molecule has 0 unspecified atom stereocenters. The van der Waals surface area contributed by atoms with Gasteiger partial charge in [-0.3, -0.25) is 9.59 Å². The van der Waals surface area contributed by atoms with Crippen molar-refractivity contribution in [1.82, 2.24) is 10.2 Å². The lowest BCUT2D eigenvalue weighted by molar-refractivity contribution is -0.135. The minimum absolute atomic E-state index is 0.0408. The van der Waals surface area contributed by atoms with Gasteiger partial charge in [-0.15, -0.1) is 0 Å². The maximum atomic E-state index is 12.2. The summed E-state index contributed by atoms with van der Waals surface area (Å²) in [4.78, 5) is 26.0. The van der Waals surface area contributed by atoms with Gasteiger partial charge in [0.2, 0.25) is 11.8 Å². The summed E-state index contributed by atoms with van der Waals surface area (Å²) in [6.45, 7) is 3.18. The predicted octanol–water partition coefficient (Wildman–Crippen LogP) is 1.01. The van der Waals surface area contributed by atoms with E-state index in [9.17, 15) is 14.7 Å². The summed E-state index contributed by atoms with van der Waals surface area (Å²) in [5.41, 5.74) is 0.559. The van der Waals surface area contributed by atoms with E-state index in [1.807, 2.05) is 11.8 Å². The van der Waals surface area contributed by atoms with Crippen molar-refractivity contribution in [2.45, 2.75) is 19.4 Å². The molecule has 1 aliphatic heterocycles. The molecule has 21 heavy (non-hydrogen) atoms. The summed E-state index contributed by atoms with van der Waals surface area (Å²) in [7, 11) is 0. The van der Waals surface area contributed by atoms with E-state index in [4.69, 9.17) is 0 Å². The number of phenols is 1. The minimum Gasteiger partial charge on any atom is -0.508 e. The average molecular weight is 308 g/mol. The van der Waals surface area contributed by atoms with Crippen LogP contribution < -0.4 is 5.32 Å². The molecule has 0 radical (unpaired) electrons. The highest BCUT2D eigenvalue weighted by molar-refractivity contribution is 7.99. The van der Waals surface area contributed by atoms with Crippen LogP contribution >= 0.6 is 11.8 Å². The summed E-state index contributed by atoms with van der Waals surface area (Å²) < 4.78 is 0. The van der Waals surface area contributed by atoms with Crippen LogP contribution in [0.15, 0.2) is 24.3 Å². The Morgan fingerprint density at radius 3 is 2.67 bits per heavy atom. The number of amides is 2. The molecule has 6 heteroatoms. The van der Waals surface area contributed by atoms with E-state index in [0.29, 0.717) is 5.56 Å². The number of para-hydroxylation sites is 1. The molecule has 5 nitrogen and oxygen atoms in total. The van der Waals surface area contributed by atoms with Crippen molar-refractivity contribution >= 4 is 23.6 Å². The lowest BCUT2D eigenvalue weighted by Crippen LogP contribution is -2.49. The number of carbonyl (C=O) groups excluding carboxylic acids is 2. The Morgan fingerprint density at radius 1 is 1.33 bits per heavy atom. The second-order valence-electron chi connectivity index (χ2n) is 5.03. The highest BCUT2D eigenvalue weighted by Gasteiger charge is 2.23. The van der Waals surface area contributed by atoms with Crippen LogP contribution in [0.3, 0.4) is 0 Å². The number of hydrogen-bond donors (Lipinski definition) is 2. The molecule has 2 amide bonds. The zero-order valence-electron chi connectivity index (χ0n) is 12.0. The van der Waals surface area contributed by atoms with Crippen molar-refractivity contribution in [2.24, 2.45) is 0 Å². The topological polar surface area (TPSA) is 69.6 Å². The normalized spacial score (nSPS) is 16.3. The number of hydrogen-bond acceptors (Lipinski definition) is 4. The van der Waals surface area contributed by atoms with Gasteiger partial charge in [0.1, 0.15) is 11.8 Å². The maximum Gasteiger partial charge on any atom is 0.244 e. The quantitative estimate of drug-likeness (QED) is 0.871. The summed E-state index contributed by atoms with van der Waals surface area (Å²) in [5, 5.41) is 12.4. The fourth-order valence-corrected chi connectivity index (χ4v) is 3.15. The van der Waals surface area contributed by atoms with Gasteiger partial charge in [0.25, 0.3) is 0 Å². The number of nitrogens with zero attached hydrogens (tertiary/aromatic N) is 1. The Kier molecular flexibility index (Phi) is 5.50. The number of carbonyl (C=O) groups is 2. The standard InChI is InChI=1S/C15H20N2O3S/c1-11(15(20)17-6-8-21-9-7-17)16-14(19)10-12-4-2-3-5-13(12)18/h2-5,11,18H,6-10H2,1H3,(H,16,19)/t11-/m0/s1. The lowest BCUT2D eigenvalue weighted by Gasteiger charge is -2.29. The fourth-order valence-electron chi connectivity index (χ4n) is 2.25. The number of benzene rings is 1. The van der Waals surface area contributed by atoms with Crippen LogP contribution in [0.1, 0.15) is 12.5 Å². The number of nitrogens with one attached hydrogen (secondary N) is 1. The molecule has 2 rings (SSSR count). The van der Waals surface area contributed by atoms with Crippen LogP contribution in [0.2, 0.25) is 0 Å². The molecule has 0 bridgehead atoms. The van der Waals surface area contributed by atoms with Gasteiger partial charge in [0, 0.05) is 30.2 Å². The molecule has 1 saturated heterocycles. The van der Waals surface area contributed by atoms with Crippen LogP contribution in [0.4, 0.5) is 0 Å². The smallest absolute Gasteiger partial charge is 0.244 e. The molecule has 1 fully saturated rings. The third-order valence-corrected chi connectivity index (χ3v) is 4.36. The van der Waals surface area contributed by atoms with Crippen LogP contribution in [0, 0.1) is 0 Å². The summed E-state index contributed by atoms with van der Waals surface area (Å²) in [6, 6.07) is 6.18. The Labute approximate surface area is 128 Å². The minimum atomic E-state index is -0.536. The third kappa shape index (κ3) is 4.39. The summed E-state index contributed by atoms with van der Waals surface area (Å²) in [5.74, 6) is 1.69. The van der Waals surface area contributed by atoms with E-state index in [1.165, 1.54) is 0 Å². The second kappa shape index (κ2) is 7.36. The van der Waals surface area contributed by atoms with E-state index in [0.717, 1.165) is 24.6 Å². The molecule has 2 N–H and O–H groups in total.